The number of nitrogens with one attached hydrogen (secondary N) is 2. The predicted octanol–water partition coefficient (Wildman–Crippen LogP) is 2.47. The molecule has 2 unspecified atom stereocenters. The summed E-state index contributed by atoms with van der Waals surface area (Å²) in [4.78, 5) is 14.4. The van der Waals surface area contributed by atoms with E-state index < -0.39 is 0 Å². The van der Waals surface area contributed by atoms with Gasteiger partial charge in [-0.1, -0.05) is 25.5 Å². The molecule has 1 saturated heterocycles. The summed E-state index contributed by atoms with van der Waals surface area (Å²) in [5.74, 6) is 0.744. The van der Waals surface area contributed by atoms with Gasteiger partial charge in [0.2, 0.25) is 5.91 Å². The summed E-state index contributed by atoms with van der Waals surface area (Å²) in [7, 11) is 3.97. The van der Waals surface area contributed by atoms with Crippen LogP contribution in [0.2, 0.25) is 0 Å². The lowest BCUT2D eigenvalue weighted by Gasteiger charge is -2.29. The first-order valence-electron chi connectivity index (χ1n) is 7.42. The van der Waals surface area contributed by atoms with E-state index in [1.165, 1.54) is 6.42 Å². The van der Waals surface area contributed by atoms with Crippen LogP contribution in [0.5, 0.6) is 0 Å². The lowest BCUT2D eigenvalue weighted by molar-refractivity contribution is -0.119. The highest BCUT2D eigenvalue weighted by molar-refractivity contribution is 5.97. The lowest BCUT2D eigenvalue weighted by Crippen LogP contribution is -2.46. The first kappa shape index (κ1) is 14.9. The molecular weight excluding hydrogens is 250 g/mol. The fourth-order valence-corrected chi connectivity index (χ4v) is 2.76. The molecular formula is C16H25N3O. The molecule has 20 heavy (non-hydrogen) atoms. The highest BCUT2D eigenvalue weighted by Crippen LogP contribution is 2.25. The van der Waals surface area contributed by atoms with E-state index >= 15 is 0 Å². The molecule has 0 saturated carbocycles. The van der Waals surface area contributed by atoms with Gasteiger partial charge in [0.05, 0.1) is 17.4 Å². The standard InChI is InChI=1S/C16H25N3O/c1-4-12-9-10-17-14(11-12)16(20)18-13-7-5-6-8-15(13)19(2)3/h5-8,12,14,17H,4,9-11H2,1-3H3,(H,18,20). The van der Waals surface area contributed by atoms with Crippen LogP contribution in [0, 0.1) is 5.92 Å². The number of para-hydroxylation sites is 2. The Morgan fingerprint density at radius 2 is 2.15 bits per heavy atom. The molecule has 0 bridgehead atoms. The maximum absolute atomic E-state index is 12.4. The van der Waals surface area contributed by atoms with E-state index in [2.05, 4.69) is 17.6 Å². The summed E-state index contributed by atoms with van der Waals surface area (Å²) >= 11 is 0. The average Bonchev–Trinajstić information content (AvgIpc) is 2.47. The smallest absolute Gasteiger partial charge is 0.241 e. The molecule has 0 aliphatic carbocycles. The van der Waals surface area contributed by atoms with Gasteiger partial charge in [-0.2, -0.15) is 0 Å². The van der Waals surface area contributed by atoms with Crippen LogP contribution in [0.25, 0.3) is 0 Å². The number of carbonyl (C=O) groups is 1. The molecule has 2 N–H and O–H groups in total. The van der Waals surface area contributed by atoms with Crippen LogP contribution in [0.3, 0.4) is 0 Å². The number of amides is 1. The molecule has 4 heteroatoms. The number of piperidine rings is 1. The van der Waals surface area contributed by atoms with Crippen molar-refractivity contribution in [3.8, 4) is 0 Å². The van der Waals surface area contributed by atoms with Gasteiger partial charge in [0.15, 0.2) is 0 Å². The zero-order chi connectivity index (χ0) is 14.5. The second kappa shape index (κ2) is 6.75. The Bertz CT molecular complexity index is 459. The van der Waals surface area contributed by atoms with Crippen molar-refractivity contribution in [2.75, 3.05) is 30.9 Å². The monoisotopic (exact) mass is 275 g/mol. The number of hydrogen-bond donors (Lipinski definition) is 2. The number of nitrogens with zero attached hydrogens (tertiary/aromatic N) is 1. The van der Waals surface area contributed by atoms with Gasteiger partial charge in [-0.3, -0.25) is 4.79 Å². The third-order valence-corrected chi connectivity index (χ3v) is 4.05. The molecule has 2 rings (SSSR count). The first-order valence-corrected chi connectivity index (χ1v) is 7.42. The van der Waals surface area contributed by atoms with Gasteiger partial charge in [0, 0.05) is 14.1 Å². The molecule has 110 valence electrons. The summed E-state index contributed by atoms with van der Waals surface area (Å²) in [5.41, 5.74) is 1.91. The second-order valence-corrected chi connectivity index (χ2v) is 5.71. The van der Waals surface area contributed by atoms with Crippen molar-refractivity contribution in [2.45, 2.75) is 32.2 Å². The van der Waals surface area contributed by atoms with Crippen molar-refractivity contribution in [2.24, 2.45) is 5.92 Å². The van der Waals surface area contributed by atoms with Gasteiger partial charge in [-0.05, 0) is 37.4 Å². The normalized spacial score (nSPS) is 22.4. The Hall–Kier alpha value is -1.55. The van der Waals surface area contributed by atoms with Crippen LogP contribution in [-0.4, -0.2) is 32.6 Å². The fraction of sp³-hybridized carbons (Fsp3) is 0.562. The SMILES string of the molecule is CCC1CCNC(C(=O)Nc2ccccc2N(C)C)C1. The molecule has 1 aromatic rings. The quantitative estimate of drug-likeness (QED) is 0.887. The van der Waals surface area contributed by atoms with Crippen LogP contribution >= 0.6 is 0 Å². The minimum Gasteiger partial charge on any atom is -0.376 e. The zero-order valence-electron chi connectivity index (χ0n) is 12.6. The molecule has 0 aromatic heterocycles. The number of benzene rings is 1. The second-order valence-electron chi connectivity index (χ2n) is 5.71. The van der Waals surface area contributed by atoms with Crippen molar-refractivity contribution in [3.63, 3.8) is 0 Å². The predicted molar refractivity (Wildman–Crippen MR) is 84.2 cm³/mol. The Labute approximate surface area is 121 Å². The van der Waals surface area contributed by atoms with E-state index in [9.17, 15) is 4.79 Å². The third kappa shape index (κ3) is 3.51. The number of carbonyl (C=O) groups excluding carboxylic acids is 1. The van der Waals surface area contributed by atoms with E-state index in [4.69, 9.17) is 0 Å². The molecule has 0 radical (unpaired) electrons. The third-order valence-electron chi connectivity index (χ3n) is 4.05. The first-order chi connectivity index (χ1) is 9.61. The van der Waals surface area contributed by atoms with Crippen LogP contribution in [0.15, 0.2) is 24.3 Å². The number of hydrogen-bond acceptors (Lipinski definition) is 3. The molecule has 4 nitrogen and oxygen atoms in total. The van der Waals surface area contributed by atoms with Gasteiger partial charge in [-0.25, -0.2) is 0 Å². The zero-order valence-corrected chi connectivity index (χ0v) is 12.6. The van der Waals surface area contributed by atoms with Crippen LogP contribution in [-0.2, 0) is 4.79 Å². The van der Waals surface area contributed by atoms with Gasteiger partial charge in [-0.15, -0.1) is 0 Å². The topological polar surface area (TPSA) is 44.4 Å². The van der Waals surface area contributed by atoms with E-state index in [0.717, 1.165) is 30.8 Å². The molecule has 0 spiro atoms. The lowest BCUT2D eigenvalue weighted by atomic mass is 9.90. The van der Waals surface area contributed by atoms with E-state index in [1.54, 1.807) is 0 Å². The van der Waals surface area contributed by atoms with Crippen molar-refractivity contribution in [1.29, 1.82) is 0 Å². The Balaban J connectivity index is 2.04. The Morgan fingerprint density at radius 3 is 2.85 bits per heavy atom. The van der Waals surface area contributed by atoms with Crippen molar-refractivity contribution < 1.29 is 4.79 Å². The fourth-order valence-electron chi connectivity index (χ4n) is 2.76. The highest BCUT2D eigenvalue weighted by Gasteiger charge is 2.26. The van der Waals surface area contributed by atoms with Gasteiger partial charge < -0.3 is 15.5 Å². The minimum absolute atomic E-state index is 0.0658. The van der Waals surface area contributed by atoms with Crippen LogP contribution < -0.4 is 15.5 Å². The molecule has 1 aromatic carbocycles. The minimum atomic E-state index is -0.0658. The Morgan fingerprint density at radius 1 is 1.40 bits per heavy atom. The van der Waals surface area contributed by atoms with E-state index in [1.807, 2.05) is 43.3 Å². The summed E-state index contributed by atoms with van der Waals surface area (Å²) in [6.45, 7) is 3.14. The molecule has 1 amide bonds. The van der Waals surface area contributed by atoms with E-state index in [0.29, 0.717) is 5.92 Å². The summed E-state index contributed by atoms with van der Waals surface area (Å²) in [5, 5.41) is 6.39. The van der Waals surface area contributed by atoms with Gasteiger partial charge in [0.25, 0.3) is 0 Å². The highest BCUT2D eigenvalue weighted by atomic mass is 16.2. The van der Waals surface area contributed by atoms with Crippen molar-refractivity contribution in [1.82, 2.24) is 5.32 Å². The average molecular weight is 275 g/mol. The molecule has 1 aliphatic rings. The van der Waals surface area contributed by atoms with Gasteiger partial charge >= 0.3 is 0 Å². The molecule has 1 heterocycles. The van der Waals surface area contributed by atoms with Crippen LogP contribution in [0.4, 0.5) is 11.4 Å². The van der Waals surface area contributed by atoms with Crippen molar-refractivity contribution >= 4 is 17.3 Å². The number of rotatable bonds is 4. The Kier molecular flexibility index (Phi) is 5.01. The summed E-state index contributed by atoms with van der Waals surface area (Å²) < 4.78 is 0. The number of anilines is 2. The molecule has 2 atom stereocenters. The summed E-state index contributed by atoms with van der Waals surface area (Å²) in [6, 6.07) is 7.83. The largest absolute Gasteiger partial charge is 0.376 e. The van der Waals surface area contributed by atoms with Gasteiger partial charge in [0.1, 0.15) is 0 Å². The maximum atomic E-state index is 12.4. The molecule has 1 fully saturated rings. The van der Waals surface area contributed by atoms with Crippen molar-refractivity contribution in [3.05, 3.63) is 24.3 Å². The maximum Gasteiger partial charge on any atom is 0.241 e. The van der Waals surface area contributed by atoms with Crippen LogP contribution in [0.1, 0.15) is 26.2 Å². The summed E-state index contributed by atoms with van der Waals surface area (Å²) in [6.07, 6.45) is 3.26. The molecule has 1 aliphatic heterocycles. The van der Waals surface area contributed by atoms with E-state index in [-0.39, 0.29) is 11.9 Å².